The van der Waals surface area contributed by atoms with E-state index in [1.165, 1.54) is 18.5 Å². The van der Waals surface area contributed by atoms with Crippen LogP contribution in [0.3, 0.4) is 0 Å². The fourth-order valence-electron chi connectivity index (χ4n) is 1.82. The molecule has 0 saturated carbocycles. The summed E-state index contributed by atoms with van der Waals surface area (Å²) in [4.78, 5) is 2.47. The first-order valence-corrected chi connectivity index (χ1v) is 6.25. The van der Waals surface area contributed by atoms with Crippen LogP contribution in [-0.4, -0.2) is 31.1 Å². The van der Waals surface area contributed by atoms with Crippen LogP contribution in [0.1, 0.15) is 38.8 Å². The molecule has 1 rings (SSSR count). The van der Waals surface area contributed by atoms with Gasteiger partial charge in [0.2, 0.25) is 0 Å². The van der Waals surface area contributed by atoms with E-state index in [4.69, 9.17) is 4.42 Å². The van der Waals surface area contributed by atoms with Crippen LogP contribution in [0.25, 0.3) is 0 Å². The molecule has 1 aromatic heterocycles. The standard InChI is InChI=1S/C13H24N2O/c1-4-8-15(5-2)9-7-14-12(3)13-6-10-16-11-13/h6,10-12,14H,4-5,7-9H2,1-3H3. The predicted octanol–water partition coefficient (Wildman–Crippen LogP) is 2.66. The molecule has 0 spiro atoms. The van der Waals surface area contributed by atoms with Gasteiger partial charge in [0, 0.05) is 24.7 Å². The summed E-state index contributed by atoms with van der Waals surface area (Å²) in [7, 11) is 0. The van der Waals surface area contributed by atoms with E-state index in [1.807, 2.05) is 6.07 Å². The third-order valence-corrected chi connectivity index (χ3v) is 2.91. The van der Waals surface area contributed by atoms with Crippen molar-refractivity contribution in [1.29, 1.82) is 0 Å². The van der Waals surface area contributed by atoms with Crippen LogP contribution >= 0.6 is 0 Å². The molecule has 1 unspecified atom stereocenters. The summed E-state index contributed by atoms with van der Waals surface area (Å²) in [6.45, 7) is 11.1. The molecule has 1 atom stereocenters. The van der Waals surface area contributed by atoms with Gasteiger partial charge in [-0.3, -0.25) is 0 Å². The average molecular weight is 224 g/mol. The maximum atomic E-state index is 5.07. The van der Waals surface area contributed by atoms with Gasteiger partial charge in [0.1, 0.15) is 0 Å². The smallest absolute Gasteiger partial charge is 0.0950 e. The van der Waals surface area contributed by atoms with Gasteiger partial charge in [0.15, 0.2) is 0 Å². The van der Waals surface area contributed by atoms with Gasteiger partial charge in [-0.2, -0.15) is 0 Å². The van der Waals surface area contributed by atoms with Gasteiger partial charge < -0.3 is 14.6 Å². The number of furan rings is 1. The molecular weight excluding hydrogens is 200 g/mol. The summed E-state index contributed by atoms with van der Waals surface area (Å²) in [5.74, 6) is 0. The molecule has 92 valence electrons. The largest absolute Gasteiger partial charge is 0.472 e. The van der Waals surface area contributed by atoms with Gasteiger partial charge >= 0.3 is 0 Å². The number of hydrogen-bond donors (Lipinski definition) is 1. The van der Waals surface area contributed by atoms with E-state index in [-0.39, 0.29) is 0 Å². The molecule has 3 heteroatoms. The Hall–Kier alpha value is -0.800. The highest BCUT2D eigenvalue weighted by Crippen LogP contribution is 2.11. The van der Waals surface area contributed by atoms with Gasteiger partial charge in [-0.05, 0) is 32.5 Å². The fourth-order valence-corrected chi connectivity index (χ4v) is 1.82. The van der Waals surface area contributed by atoms with Crippen molar-refractivity contribution in [3.8, 4) is 0 Å². The molecular formula is C13H24N2O. The Bertz CT molecular complexity index is 259. The van der Waals surface area contributed by atoms with E-state index < -0.39 is 0 Å². The van der Waals surface area contributed by atoms with Crippen molar-refractivity contribution >= 4 is 0 Å². The number of nitrogens with zero attached hydrogens (tertiary/aromatic N) is 1. The lowest BCUT2D eigenvalue weighted by Gasteiger charge is -2.21. The Labute approximate surface area is 98.8 Å². The molecule has 0 aliphatic rings. The van der Waals surface area contributed by atoms with Crippen LogP contribution in [0, 0.1) is 0 Å². The molecule has 1 aromatic rings. The van der Waals surface area contributed by atoms with Crippen molar-refractivity contribution in [3.05, 3.63) is 24.2 Å². The summed E-state index contributed by atoms with van der Waals surface area (Å²) in [6.07, 6.45) is 4.76. The number of nitrogens with one attached hydrogen (secondary N) is 1. The maximum absolute atomic E-state index is 5.07. The Morgan fingerprint density at radius 2 is 2.19 bits per heavy atom. The van der Waals surface area contributed by atoms with Gasteiger partial charge in [-0.25, -0.2) is 0 Å². The molecule has 0 saturated heterocycles. The van der Waals surface area contributed by atoms with Crippen molar-refractivity contribution in [2.45, 2.75) is 33.2 Å². The normalized spacial score (nSPS) is 13.2. The lowest BCUT2D eigenvalue weighted by molar-refractivity contribution is 0.284. The van der Waals surface area contributed by atoms with E-state index in [0.717, 1.165) is 19.6 Å². The minimum Gasteiger partial charge on any atom is -0.472 e. The molecule has 0 aliphatic carbocycles. The summed E-state index contributed by atoms with van der Waals surface area (Å²) >= 11 is 0. The fraction of sp³-hybridized carbons (Fsp3) is 0.692. The minimum absolute atomic E-state index is 0.374. The third-order valence-electron chi connectivity index (χ3n) is 2.91. The predicted molar refractivity (Wildman–Crippen MR) is 67.5 cm³/mol. The van der Waals surface area contributed by atoms with Crippen molar-refractivity contribution in [2.24, 2.45) is 0 Å². The molecule has 16 heavy (non-hydrogen) atoms. The second kappa shape index (κ2) is 7.47. The van der Waals surface area contributed by atoms with Crippen LogP contribution in [-0.2, 0) is 0 Å². The summed E-state index contributed by atoms with van der Waals surface area (Å²) < 4.78 is 5.07. The Morgan fingerprint density at radius 1 is 1.38 bits per heavy atom. The first-order chi connectivity index (χ1) is 7.77. The lowest BCUT2D eigenvalue weighted by Crippen LogP contribution is -2.33. The molecule has 3 nitrogen and oxygen atoms in total. The van der Waals surface area contributed by atoms with Crippen LogP contribution < -0.4 is 5.32 Å². The van der Waals surface area contributed by atoms with Gasteiger partial charge in [-0.1, -0.05) is 13.8 Å². The lowest BCUT2D eigenvalue weighted by atomic mass is 10.2. The van der Waals surface area contributed by atoms with Gasteiger partial charge in [-0.15, -0.1) is 0 Å². The zero-order valence-corrected chi connectivity index (χ0v) is 10.7. The van der Waals surface area contributed by atoms with Crippen molar-refractivity contribution in [2.75, 3.05) is 26.2 Å². The van der Waals surface area contributed by atoms with E-state index in [1.54, 1.807) is 12.5 Å². The van der Waals surface area contributed by atoms with Crippen molar-refractivity contribution < 1.29 is 4.42 Å². The van der Waals surface area contributed by atoms with Gasteiger partial charge in [0.05, 0.1) is 12.5 Å². The average Bonchev–Trinajstić information content (AvgIpc) is 2.81. The Morgan fingerprint density at radius 3 is 2.75 bits per heavy atom. The Balaban J connectivity index is 2.19. The molecule has 0 aromatic carbocycles. The molecule has 0 amide bonds. The number of likely N-dealkylation sites (N-methyl/N-ethyl adjacent to an activating group) is 1. The number of hydrogen-bond acceptors (Lipinski definition) is 3. The second-order valence-electron chi connectivity index (χ2n) is 4.17. The Kier molecular flexibility index (Phi) is 6.19. The second-order valence-corrected chi connectivity index (χ2v) is 4.17. The first kappa shape index (κ1) is 13.3. The zero-order chi connectivity index (χ0) is 11.8. The first-order valence-electron chi connectivity index (χ1n) is 6.25. The summed E-state index contributed by atoms with van der Waals surface area (Å²) in [5.41, 5.74) is 1.22. The van der Waals surface area contributed by atoms with Crippen LogP contribution in [0.4, 0.5) is 0 Å². The van der Waals surface area contributed by atoms with Crippen molar-refractivity contribution in [1.82, 2.24) is 10.2 Å². The van der Waals surface area contributed by atoms with Crippen LogP contribution in [0.2, 0.25) is 0 Å². The molecule has 0 radical (unpaired) electrons. The van der Waals surface area contributed by atoms with E-state index in [2.05, 4.69) is 31.0 Å². The maximum Gasteiger partial charge on any atom is 0.0950 e. The van der Waals surface area contributed by atoms with Gasteiger partial charge in [0.25, 0.3) is 0 Å². The summed E-state index contributed by atoms with van der Waals surface area (Å²) in [6, 6.07) is 2.39. The molecule has 0 bridgehead atoms. The SMILES string of the molecule is CCCN(CC)CCNC(C)c1ccoc1. The third kappa shape index (κ3) is 4.37. The molecule has 1 N–H and O–H groups in total. The van der Waals surface area contributed by atoms with E-state index in [0.29, 0.717) is 6.04 Å². The zero-order valence-electron chi connectivity index (χ0n) is 10.7. The minimum atomic E-state index is 0.374. The van der Waals surface area contributed by atoms with Crippen molar-refractivity contribution in [3.63, 3.8) is 0 Å². The highest BCUT2D eigenvalue weighted by Gasteiger charge is 2.06. The van der Waals surface area contributed by atoms with E-state index >= 15 is 0 Å². The highest BCUT2D eigenvalue weighted by molar-refractivity contribution is 5.10. The number of rotatable bonds is 8. The van der Waals surface area contributed by atoms with Crippen LogP contribution in [0.5, 0.6) is 0 Å². The van der Waals surface area contributed by atoms with Crippen LogP contribution in [0.15, 0.2) is 23.0 Å². The topological polar surface area (TPSA) is 28.4 Å². The molecule has 0 fully saturated rings. The highest BCUT2D eigenvalue weighted by atomic mass is 16.3. The monoisotopic (exact) mass is 224 g/mol. The van der Waals surface area contributed by atoms with E-state index in [9.17, 15) is 0 Å². The molecule has 0 aliphatic heterocycles. The summed E-state index contributed by atoms with van der Waals surface area (Å²) in [5, 5.41) is 3.51. The molecule has 1 heterocycles. The quantitative estimate of drug-likeness (QED) is 0.736.